The maximum absolute atomic E-state index is 10.7. The molecule has 1 unspecified atom stereocenters. The number of nitrogens with two attached hydrogens (primary N) is 1. The Labute approximate surface area is 98.1 Å². The maximum Gasteiger partial charge on any atom is 0.276 e. The normalized spacial score (nSPS) is 23.6. The molecule has 7 nitrogen and oxygen atoms in total. The Balaban J connectivity index is 2.23. The van der Waals surface area contributed by atoms with Gasteiger partial charge >= 0.3 is 0 Å². The molecule has 1 saturated heterocycles. The summed E-state index contributed by atoms with van der Waals surface area (Å²) in [6, 6.07) is 2.61. The molecule has 2 heterocycles. The van der Waals surface area contributed by atoms with Gasteiger partial charge in [-0.05, 0) is 13.3 Å². The number of aromatic nitrogens is 1. The van der Waals surface area contributed by atoms with Gasteiger partial charge in [-0.3, -0.25) is 10.1 Å². The first-order valence-electron chi connectivity index (χ1n) is 5.26. The SMILES string of the molecule is CC1(Nc2cc([N+](=O)[O-])cc(N)n2)CCOC1. The van der Waals surface area contributed by atoms with E-state index >= 15 is 0 Å². The van der Waals surface area contributed by atoms with Crippen LogP contribution >= 0.6 is 0 Å². The minimum atomic E-state index is -0.489. The summed E-state index contributed by atoms with van der Waals surface area (Å²) in [4.78, 5) is 14.2. The van der Waals surface area contributed by atoms with Gasteiger partial charge in [-0.2, -0.15) is 0 Å². The second kappa shape index (κ2) is 4.17. The van der Waals surface area contributed by atoms with Gasteiger partial charge in [0.05, 0.1) is 29.2 Å². The van der Waals surface area contributed by atoms with E-state index < -0.39 is 4.92 Å². The summed E-state index contributed by atoms with van der Waals surface area (Å²) in [5.41, 5.74) is 5.22. The zero-order valence-corrected chi connectivity index (χ0v) is 9.47. The van der Waals surface area contributed by atoms with Crippen LogP contribution in [-0.4, -0.2) is 28.7 Å². The van der Waals surface area contributed by atoms with Crippen LogP contribution in [0.5, 0.6) is 0 Å². The van der Waals surface area contributed by atoms with Crippen LogP contribution in [0.3, 0.4) is 0 Å². The lowest BCUT2D eigenvalue weighted by Crippen LogP contribution is -2.35. The van der Waals surface area contributed by atoms with Crippen molar-refractivity contribution in [3.8, 4) is 0 Å². The molecule has 0 amide bonds. The summed E-state index contributed by atoms with van der Waals surface area (Å²) in [7, 11) is 0. The fourth-order valence-corrected chi connectivity index (χ4v) is 1.78. The number of hydrogen-bond acceptors (Lipinski definition) is 6. The summed E-state index contributed by atoms with van der Waals surface area (Å²) >= 11 is 0. The molecule has 0 bridgehead atoms. The number of pyridine rings is 1. The predicted octanol–water partition coefficient (Wildman–Crippen LogP) is 1.16. The lowest BCUT2D eigenvalue weighted by molar-refractivity contribution is -0.384. The van der Waals surface area contributed by atoms with E-state index in [2.05, 4.69) is 10.3 Å². The first kappa shape index (κ1) is 11.6. The highest BCUT2D eigenvalue weighted by Gasteiger charge is 2.30. The van der Waals surface area contributed by atoms with Crippen LogP contribution < -0.4 is 11.1 Å². The van der Waals surface area contributed by atoms with Crippen molar-refractivity contribution >= 4 is 17.3 Å². The molecule has 1 aromatic rings. The molecule has 3 N–H and O–H groups in total. The Hall–Kier alpha value is -1.89. The first-order chi connectivity index (χ1) is 7.98. The summed E-state index contributed by atoms with van der Waals surface area (Å²) in [6.45, 7) is 3.21. The van der Waals surface area contributed by atoms with Crippen molar-refractivity contribution in [2.45, 2.75) is 18.9 Å². The Morgan fingerprint density at radius 2 is 2.41 bits per heavy atom. The van der Waals surface area contributed by atoms with Crippen molar-refractivity contribution in [3.05, 3.63) is 22.2 Å². The number of anilines is 2. The number of nitrogen functional groups attached to an aromatic ring is 1. The summed E-state index contributed by atoms with van der Waals surface area (Å²) in [6.07, 6.45) is 0.831. The Bertz CT molecular complexity index is 443. The van der Waals surface area contributed by atoms with E-state index in [9.17, 15) is 10.1 Å². The van der Waals surface area contributed by atoms with E-state index in [0.29, 0.717) is 19.0 Å². The Morgan fingerprint density at radius 3 is 3.00 bits per heavy atom. The topological polar surface area (TPSA) is 103 Å². The van der Waals surface area contributed by atoms with Gasteiger partial charge in [0.2, 0.25) is 0 Å². The van der Waals surface area contributed by atoms with Crippen molar-refractivity contribution in [2.24, 2.45) is 0 Å². The van der Waals surface area contributed by atoms with E-state index in [-0.39, 0.29) is 17.0 Å². The third-order valence-corrected chi connectivity index (χ3v) is 2.69. The number of nitrogens with one attached hydrogen (secondary N) is 1. The van der Waals surface area contributed by atoms with Gasteiger partial charge in [-0.1, -0.05) is 0 Å². The standard InChI is InChI=1S/C10H14N4O3/c1-10(2-3-17-6-10)13-9-5-7(14(15)16)4-8(11)12-9/h4-5H,2-3,6H2,1H3,(H3,11,12,13). The molecule has 2 rings (SSSR count). The number of ether oxygens (including phenoxy) is 1. The molecule has 92 valence electrons. The van der Waals surface area contributed by atoms with Crippen LogP contribution in [0.2, 0.25) is 0 Å². The van der Waals surface area contributed by atoms with Crippen LogP contribution in [-0.2, 0) is 4.74 Å². The zero-order valence-electron chi connectivity index (χ0n) is 9.47. The molecule has 1 aromatic heterocycles. The van der Waals surface area contributed by atoms with E-state index in [0.717, 1.165) is 6.42 Å². The Kier molecular flexibility index (Phi) is 2.84. The third-order valence-electron chi connectivity index (χ3n) is 2.69. The minimum Gasteiger partial charge on any atom is -0.383 e. The second-order valence-electron chi connectivity index (χ2n) is 4.38. The van der Waals surface area contributed by atoms with Crippen LogP contribution in [0.15, 0.2) is 12.1 Å². The molecule has 17 heavy (non-hydrogen) atoms. The van der Waals surface area contributed by atoms with Crippen LogP contribution in [0.25, 0.3) is 0 Å². The number of nitro groups is 1. The average Bonchev–Trinajstić information content (AvgIpc) is 2.63. The molecule has 0 radical (unpaired) electrons. The van der Waals surface area contributed by atoms with Crippen molar-refractivity contribution < 1.29 is 9.66 Å². The average molecular weight is 238 g/mol. The monoisotopic (exact) mass is 238 g/mol. The lowest BCUT2D eigenvalue weighted by atomic mass is 10.0. The molecule has 1 aliphatic heterocycles. The van der Waals surface area contributed by atoms with Crippen LogP contribution in [0, 0.1) is 10.1 Å². The highest BCUT2D eigenvalue weighted by atomic mass is 16.6. The van der Waals surface area contributed by atoms with E-state index in [1.54, 1.807) is 0 Å². The number of hydrogen-bond donors (Lipinski definition) is 2. The molecular weight excluding hydrogens is 224 g/mol. The molecule has 0 saturated carbocycles. The van der Waals surface area contributed by atoms with Crippen molar-refractivity contribution in [2.75, 3.05) is 24.3 Å². The fourth-order valence-electron chi connectivity index (χ4n) is 1.78. The predicted molar refractivity (Wildman–Crippen MR) is 62.8 cm³/mol. The third kappa shape index (κ3) is 2.62. The quantitative estimate of drug-likeness (QED) is 0.605. The minimum absolute atomic E-state index is 0.0671. The fraction of sp³-hybridized carbons (Fsp3) is 0.500. The molecule has 0 spiro atoms. The van der Waals surface area contributed by atoms with Gasteiger partial charge in [0, 0.05) is 6.61 Å². The van der Waals surface area contributed by atoms with E-state index in [1.807, 2.05) is 6.92 Å². The molecule has 0 aromatic carbocycles. The van der Waals surface area contributed by atoms with Gasteiger partial charge in [-0.25, -0.2) is 4.98 Å². The highest BCUT2D eigenvalue weighted by Crippen LogP contribution is 2.25. The zero-order chi connectivity index (χ0) is 12.5. The highest BCUT2D eigenvalue weighted by molar-refractivity contribution is 5.53. The van der Waals surface area contributed by atoms with Gasteiger partial charge in [0.25, 0.3) is 5.69 Å². The van der Waals surface area contributed by atoms with Crippen molar-refractivity contribution in [1.29, 1.82) is 0 Å². The summed E-state index contributed by atoms with van der Waals surface area (Å²) < 4.78 is 5.28. The first-order valence-corrected chi connectivity index (χ1v) is 5.26. The van der Waals surface area contributed by atoms with Crippen LogP contribution in [0.4, 0.5) is 17.3 Å². The molecule has 7 heteroatoms. The van der Waals surface area contributed by atoms with Gasteiger partial charge in [0.1, 0.15) is 11.6 Å². The van der Waals surface area contributed by atoms with Crippen molar-refractivity contribution in [3.63, 3.8) is 0 Å². The molecule has 0 aliphatic carbocycles. The van der Waals surface area contributed by atoms with Gasteiger partial charge in [-0.15, -0.1) is 0 Å². The molecular formula is C10H14N4O3. The summed E-state index contributed by atoms with van der Waals surface area (Å²) in [5.74, 6) is 0.536. The molecule has 1 aliphatic rings. The largest absolute Gasteiger partial charge is 0.383 e. The summed E-state index contributed by atoms with van der Waals surface area (Å²) in [5, 5.41) is 13.8. The second-order valence-corrected chi connectivity index (χ2v) is 4.38. The Morgan fingerprint density at radius 1 is 1.65 bits per heavy atom. The maximum atomic E-state index is 10.7. The number of rotatable bonds is 3. The van der Waals surface area contributed by atoms with Crippen molar-refractivity contribution in [1.82, 2.24) is 4.98 Å². The van der Waals surface area contributed by atoms with E-state index in [4.69, 9.17) is 10.5 Å². The number of nitrogens with zero attached hydrogens (tertiary/aromatic N) is 2. The van der Waals surface area contributed by atoms with E-state index in [1.165, 1.54) is 12.1 Å². The molecule has 1 fully saturated rings. The molecule has 1 atom stereocenters. The lowest BCUT2D eigenvalue weighted by Gasteiger charge is -2.24. The van der Waals surface area contributed by atoms with Gasteiger partial charge in [0.15, 0.2) is 0 Å². The smallest absolute Gasteiger partial charge is 0.276 e. The van der Waals surface area contributed by atoms with Gasteiger partial charge < -0.3 is 15.8 Å². The van der Waals surface area contributed by atoms with Crippen LogP contribution in [0.1, 0.15) is 13.3 Å².